The average molecular weight is 226 g/mol. The maximum absolute atomic E-state index is 2.25. The van der Waals surface area contributed by atoms with Crippen LogP contribution in [0, 0.1) is 13.8 Å². The third-order valence-electron chi connectivity index (χ3n) is 3.13. The highest BCUT2D eigenvalue weighted by atomic mass is 14.0. The van der Waals surface area contributed by atoms with E-state index in [4.69, 9.17) is 0 Å². The topological polar surface area (TPSA) is 0 Å². The Morgan fingerprint density at radius 1 is 0.941 bits per heavy atom. The van der Waals surface area contributed by atoms with Crippen LogP contribution >= 0.6 is 0 Å². The summed E-state index contributed by atoms with van der Waals surface area (Å²) in [6.45, 7) is 10.6. The van der Waals surface area contributed by atoms with Gasteiger partial charge in [0.25, 0.3) is 0 Å². The van der Waals surface area contributed by atoms with Crippen molar-refractivity contribution in [2.24, 2.45) is 0 Å². The minimum absolute atomic E-state index is 1.27. The highest BCUT2D eigenvalue weighted by molar-refractivity contribution is 5.74. The molecule has 0 atom stereocenters. The highest BCUT2D eigenvalue weighted by Crippen LogP contribution is 2.19. The molecule has 0 saturated heterocycles. The lowest BCUT2D eigenvalue weighted by Gasteiger charge is -2.06. The van der Waals surface area contributed by atoms with Crippen molar-refractivity contribution in [2.75, 3.05) is 0 Å². The van der Waals surface area contributed by atoms with E-state index >= 15 is 0 Å². The van der Waals surface area contributed by atoms with Crippen LogP contribution in [0.15, 0.2) is 48.1 Å². The molecule has 0 aliphatic carbocycles. The third-order valence-corrected chi connectivity index (χ3v) is 3.13. The van der Waals surface area contributed by atoms with Crippen LogP contribution in [0.5, 0.6) is 0 Å². The summed E-state index contributed by atoms with van der Waals surface area (Å²) >= 11 is 0. The Balaban J connectivity index is 3.03. The Bertz CT molecular complexity index is 471. The average Bonchev–Trinajstić information content (AvgIpc) is 2.33. The zero-order valence-corrected chi connectivity index (χ0v) is 11.5. The largest absolute Gasteiger partial charge is 0.0847 e. The van der Waals surface area contributed by atoms with E-state index in [1.165, 1.54) is 27.8 Å². The summed E-state index contributed by atoms with van der Waals surface area (Å²) in [6, 6.07) is 6.62. The highest BCUT2D eigenvalue weighted by Gasteiger charge is 1.99. The van der Waals surface area contributed by atoms with Crippen LogP contribution in [0.4, 0.5) is 0 Å². The minimum Gasteiger partial charge on any atom is -0.0847 e. The van der Waals surface area contributed by atoms with Crippen LogP contribution in [-0.4, -0.2) is 0 Å². The van der Waals surface area contributed by atoms with Gasteiger partial charge in [-0.3, -0.25) is 0 Å². The van der Waals surface area contributed by atoms with Crippen LogP contribution in [0.25, 0.3) is 5.57 Å². The monoisotopic (exact) mass is 226 g/mol. The molecule has 0 aliphatic heterocycles. The molecule has 0 amide bonds. The molecule has 0 spiro atoms. The molecule has 0 fully saturated rings. The molecule has 90 valence electrons. The predicted octanol–water partition coefficient (Wildman–Crippen LogP) is 5.23. The van der Waals surface area contributed by atoms with Gasteiger partial charge < -0.3 is 0 Å². The van der Waals surface area contributed by atoms with E-state index in [9.17, 15) is 0 Å². The number of allylic oxidation sites excluding steroid dienone is 6. The van der Waals surface area contributed by atoms with Gasteiger partial charge in [-0.05, 0) is 56.9 Å². The van der Waals surface area contributed by atoms with Gasteiger partial charge in [0.15, 0.2) is 0 Å². The molecule has 0 nitrogen and oxygen atoms in total. The van der Waals surface area contributed by atoms with Gasteiger partial charge >= 0.3 is 0 Å². The van der Waals surface area contributed by atoms with Gasteiger partial charge in [0, 0.05) is 0 Å². The van der Waals surface area contributed by atoms with Crippen molar-refractivity contribution in [1.29, 1.82) is 0 Å². The third kappa shape index (κ3) is 3.74. The summed E-state index contributed by atoms with van der Waals surface area (Å²) in [7, 11) is 0. The van der Waals surface area contributed by atoms with E-state index in [1.807, 2.05) is 0 Å². The van der Waals surface area contributed by atoms with Crippen molar-refractivity contribution < 1.29 is 0 Å². The van der Waals surface area contributed by atoms with Crippen LogP contribution in [0.1, 0.15) is 37.5 Å². The van der Waals surface area contributed by atoms with Gasteiger partial charge in [-0.25, -0.2) is 0 Å². The molecule has 1 aromatic carbocycles. The fraction of sp³-hybridized carbons (Fsp3) is 0.294. The molecule has 0 aromatic heterocycles. The van der Waals surface area contributed by atoms with E-state index in [2.05, 4.69) is 77.1 Å². The lowest BCUT2D eigenvalue weighted by atomic mass is 9.99. The van der Waals surface area contributed by atoms with Crippen molar-refractivity contribution in [1.82, 2.24) is 0 Å². The molecule has 0 aliphatic rings. The Kier molecular flexibility index (Phi) is 4.96. The summed E-state index contributed by atoms with van der Waals surface area (Å²) in [4.78, 5) is 0. The lowest BCUT2D eigenvalue weighted by Crippen LogP contribution is -1.86. The smallest absolute Gasteiger partial charge is 0.0185 e. The maximum atomic E-state index is 2.25. The zero-order valence-electron chi connectivity index (χ0n) is 11.5. The predicted molar refractivity (Wildman–Crippen MR) is 78.1 cm³/mol. The van der Waals surface area contributed by atoms with E-state index < -0.39 is 0 Å². The fourth-order valence-corrected chi connectivity index (χ4v) is 1.60. The van der Waals surface area contributed by atoms with Crippen LogP contribution in [0.3, 0.4) is 0 Å². The first kappa shape index (κ1) is 13.5. The van der Waals surface area contributed by atoms with Gasteiger partial charge in [-0.2, -0.15) is 0 Å². The first-order valence-electron chi connectivity index (χ1n) is 6.13. The van der Waals surface area contributed by atoms with Crippen molar-refractivity contribution in [3.05, 3.63) is 64.8 Å². The Morgan fingerprint density at radius 2 is 1.65 bits per heavy atom. The van der Waals surface area contributed by atoms with Crippen molar-refractivity contribution in [3.63, 3.8) is 0 Å². The molecule has 17 heavy (non-hydrogen) atoms. The van der Waals surface area contributed by atoms with Gasteiger partial charge in [-0.1, -0.05) is 48.1 Å². The first-order valence-corrected chi connectivity index (χ1v) is 6.13. The number of hydrogen-bond donors (Lipinski definition) is 0. The second-order valence-corrected chi connectivity index (χ2v) is 4.41. The van der Waals surface area contributed by atoms with Crippen molar-refractivity contribution in [3.8, 4) is 0 Å². The number of rotatable bonds is 3. The second-order valence-electron chi connectivity index (χ2n) is 4.41. The standard InChI is InChI=1S/C17H22/c1-6-13(3)8-10-16(7-2)17-11-9-14(4)15(5)12-17/h6-12H,1-5H3/b10-8-,13-6+,16-7+. The molecule has 0 radical (unpaired) electrons. The quantitative estimate of drug-likeness (QED) is 0.619. The molecular weight excluding hydrogens is 204 g/mol. The Morgan fingerprint density at radius 3 is 2.18 bits per heavy atom. The molecule has 0 unspecified atom stereocenters. The van der Waals surface area contributed by atoms with E-state index in [-0.39, 0.29) is 0 Å². The van der Waals surface area contributed by atoms with Crippen LogP contribution in [0.2, 0.25) is 0 Å². The lowest BCUT2D eigenvalue weighted by molar-refractivity contribution is 1.33. The molecule has 0 saturated carbocycles. The maximum Gasteiger partial charge on any atom is -0.0185 e. The number of aryl methyl sites for hydroxylation is 2. The van der Waals surface area contributed by atoms with Gasteiger partial charge in [0.2, 0.25) is 0 Å². The second kappa shape index (κ2) is 6.24. The summed E-state index contributed by atoms with van der Waals surface area (Å²) in [6.07, 6.45) is 8.61. The van der Waals surface area contributed by atoms with E-state index in [0.29, 0.717) is 0 Å². The van der Waals surface area contributed by atoms with Crippen molar-refractivity contribution in [2.45, 2.75) is 34.6 Å². The number of benzene rings is 1. The van der Waals surface area contributed by atoms with Crippen molar-refractivity contribution >= 4 is 5.57 Å². The minimum atomic E-state index is 1.27. The molecule has 0 heterocycles. The molecular formula is C17H22. The first-order chi connectivity index (χ1) is 8.08. The van der Waals surface area contributed by atoms with Gasteiger partial charge in [0.05, 0.1) is 0 Å². The fourth-order valence-electron chi connectivity index (χ4n) is 1.60. The Labute approximate surface area is 105 Å². The summed E-state index contributed by atoms with van der Waals surface area (Å²) in [5, 5.41) is 0. The summed E-state index contributed by atoms with van der Waals surface area (Å²) < 4.78 is 0. The van der Waals surface area contributed by atoms with Crippen LogP contribution < -0.4 is 0 Å². The van der Waals surface area contributed by atoms with E-state index in [0.717, 1.165) is 0 Å². The molecule has 0 N–H and O–H groups in total. The van der Waals surface area contributed by atoms with Gasteiger partial charge in [-0.15, -0.1) is 0 Å². The van der Waals surface area contributed by atoms with Crippen LogP contribution in [-0.2, 0) is 0 Å². The Hall–Kier alpha value is -1.56. The molecule has 0 bridgehead atoms. The molecule has 1 rings (SSSR count). The SMILES string of the molecule is C/C=C(C)/C=C\C(=C/C)c1ccc(C)c(C)c1. The molecule has 0 heteroatoms. The van der Waals surface area contributed by atoms with E-state index in [1.54, 1.807) is 0 Å². The van der Waals surface area contributed by atoms with Gasteiger partial charge in [0.1, 0.15) is 0 Å². The summed E-state index contributed by atoms with van der Waals surface area (Å²) in [5.41, 5.74) is 6.54. The molecule has 1 aromatic rings. The normalized spacial score (nSPS) is 13.5. The number of hydrogen-bond acceptors (Lipinski definition) is 0. The summed E-state index contributed by atoms with van der Waals surface area (Å²) in [5.74, 6) is 0. The zero-order chi connectivity index (χ0) is 12.8.